The van der Waals surface area contributed by atoms with Crippen LogP contribution in [0.1, 0.15) is 31.2 Å². The molecule has 0 bridgehead atoms. The second-order valence-corrected chi connectivity index (χ2v) is 13.6. The second kappa shape index (κ2) is 10.4. The molecule has 0 N–H and O–H groups in total. The van der Waals surface area contributed by atoms with E-state index < -0.39 is 29.4 Å². The Morgan fingerprint density at radius 3 is 2.81 bits per heavy atom. The molecule has 1 spiro atoms. The number of halogens is 4. The van der Waals surface area contributed by atoms with Crippen molar-refractivity contribution >= 4 is 27.5 Å². The summed E-state index contributed by atoms with van der Waals surface area (Å²) in [4.78, 5) is 18.0. The summed E-state index contributed by atoms with van der Waals surface area (Å²) in [5.41, 5.74) is 0.601. The van der Waals surface area contributed by atoms with Gasteiger partial charge in [-0.3, -0.25) is 9.88 Å². The van der Waals surface area contributed by atoms with Gasteiger partial charge in [0.25, 0.3) is 0 Å². The molecule has 5 heterocycles. The summed E-state index contributed by atoms with van der Waals surface area (Å²) in [7, 11) is 0. The van der Waals surface area contributed by atoms with Gasteiger partial charge in [0.05, 0.1) is 42.1 Å². The molecular formula is C36H31F4N5O2. The Bertz CT molecular complexity index is 2040. The minimum absolute atomic E-state index is 0.0118. The fourth-order valence-corrected chi connectivity index (χ4v) is 8.63. The minimum atomic E-state index is -1.11. The number of ether oxygens (including phenoxy) is 2. The van der Waals surface area contributed by atoms with Crippen molar-refractivity contribution in [2.45, 2.75) is 43.4 Å². The number of nitrogens with zero attached hydrogens (tertiary/aromatic N) is 5. The molecule has 5 aliphatic rings. The van der Waals surface area contributed by atoms with Crippen molar-refractivity contribution in [1.82, 2.24) is 19.9 Å². The Labute approximate surface area is 268 Å². The van der Waals surface area contributed by atoms with Crippen LogP contribution in [-0.2, 0) is 4.74 Å². The van der Waals surface area contributed by atoms with Crippen LogP contribution in [0.25, 0.3) is 32.9 Å². The number of alkyl halides is 1. The smallest absolute Gasteiger partial charge is 0.319 e. The van der Waals surface area contributed by atoms with Gasteiger partial charge in [-0.2, -0.15) is 9.97 Å². The zero-order valence-electron chi connectivity index (χ0n) is 25.5. The average Bonchev–Trinajstić information content (AvgIpc) is 3.96. The van der Waals surface area contributed by atoms with Gasteiger partial charge in [-0.15, -0.1) is 6.42 Å². The summed E-state index contributed by atoms with van der Waals surface area (Å²) in [6, 6.07) is 7.50. The van der Waals surface area contributed by atoms with Crippen molar-refractivity contribution < 1.29 is 27.0 Å². The van der Waals surface area contributed by atoms with Crippen LogP contribution in [0.15, 0.2) is 48.4 Å². The van der Waals surface area contributed by atoms with Gasteiger partial charge >= 0.3 is 6.01 Å². The van der Waals surface area contributed by atoms with E-state index in [1.165, 1.54) is 12.3 Å². The average molecular weight is 642 g/mol. The van der Waals surface area contributed by atoms with Crippen LogP contribution >= 0.6 is 0 Å². The molecule has 2 aromatic carbocycles. The van der Waals surface area contributed by atoms with Gasteiger partial charge in [-0.05, 0) is 54.7 Å². The zero-order valence-corrected chi connectivity index (χ0v) is 25.5. The molecule has 0 radical (unpaired) electrons. The van der Waals surface area contributed by atoms with E-state index in [1.807, 2.05) is 4.90 Å². The van der Waals surface area contributed by atoms with Crippen molar-refractivity contribution in [3.05, 3.63) is 65.6 Å². The quantitative estimate of drug-likeness (QED) is 0.192. The van der Waals surface area contributed by atoms with E-state index in [9.17, 15) is 8.78 Å². The molecule has 0 amide bonds. The van der Waals surface area contributed by atoms with Crippen molar-refractivity contribution in [1.29, 1.82) is 0 Å². The summed E-state index contributed by atoms with van der Waals surface area (Å²) in [6.45, 7) is 2.61. The SMILES string of the molecule is C#Cc1c(F)ccc2cccc(-c3ncc4c(N5CCOC[C@H]6[C@H](F)[C@H]65)nc(OCC56C/C(=C/F)CN5CCC65CC5)nc4c3F)c12. The molecule has 2 saturated carbocycles. The Hall–Kier alpha value is -4.27. The monoisotopic (exact) mass is 641 g/mol. The van der Waals surface area contributed by atoms with Crippen molar-refractivity contribution in [2.75, 3.05) is 44.4 Å². The number of fused-ring (bicyclic) bond motifs is 5. The zero-order chi connectivity index (χ0) is 32.1. The van der Waals surface area contributed by atoms with Gasteiger partial charge in [0.1, 0.15) is 35.6 Å². The first kappa shape index (κ1) is 28.9. The van der Waals surface area contributed by atoms with Crippen molar-refractivity contribution in [3.63, 3.8) is 0 Å². The number of hydrogen-bond acceptors (Lipinski definition) is 7. The second-order valence-electron chi connectivity index (χ2n) is 13.6. The van der Waals surface area contributed by atoms with E-state index >= 15 is 8.78 Å². The third kappa shape index (κ3) is 4.17. The molecule has 1 unspecified atom stereocenters. The fraction of sp³-hybridized carbons (Fsp3) is 0.417. The molecule has 3 aliphatic heterocycles. The number of rotatable bonds is 5. The third-order valence-electron chi connectivity index (χ3n) is 11.3. The molecule has 240 valence electrons. The highest BCUT2D eigenvalue weighted by atomic mass is 19.1. The van der Waals surface area contributed by atoms with Crippen LogP contribution in [0, 0.1) is 35.3 Å². The van der Waals surface area contributed by atoms with E-state index in [-0.39, 0.29) is 40.7 Å². The molecule has 7 nitrogen and oxygen atoms in total. The van der Waals surface area contributed by atoms with Crippen molar-refractivity contribution in [2.24, 2.45) is 11.3 Å². The Balaban J connectivity index is 1.19. The van der Waals surface area contributed by atoms with E-state index in [2.05, 4.69) is 20.8 Å². The summed E-state index contributed by atoms with van der Waals surface area (Å²) in [6.07, 6.45) is 10.4. The number of benzene rings is 2. The van der Waals surface area contributed by atoms with Gasteiger partial charge in [0.2, 0.25) is 0 Å². The van der Waals surface area contributed by atoms with Gasteiger partial charge in [-0.25, -0.2) is 17.6 Å². The summed E-state index contributed by atoms with van der Waals surface area (Å²) in [5.74, 6) is 1.06. The maximum Gasteiger partial charge on any atom is 0.319 e. The molecule has 2 aromatic heterocycles. The number of hydrogen-bond donors (Lipinski definition) is 0. The van der Waals surface area contributed by atoms with E-state index in [0.717, 1.165) is 31.4 Å². The van der Waals surface area contributed by atoms with Crippen LogP contribution in [-0.4, -0.2) is 77.1 Å². The lowest BCUT2D eigenvalue weighted by Crippen LogP contribution is -2.49. The highest BCUT2D eigenvalue weighted by molar-refractivity contribution is 6.02. The van der Waals surface area contributed by atoms with Crippen LogP contribution in [0.3, 0.4) is 0 Å². The number of anilines is 1. The number of pyridine rings is 1. The van der Waals surface area contributed by atoms with Gasteiger partial charge < -0.3 is 14.4 Å². The first-order valence-corrected chi connectivity index (χ1v) is 16.1. The lowest BCUT2D eigenvalue weighted by Gasteiger charge is -2.36. The predicted octanol–water partition coefficient (Wildman–Crippen LogP) is 6.14. The molecule has 3 saturated heterocycles. The summed E-state index contributed by atoms with van der Waals surface area (Å²) in [5, 5.41) is 1.30. The van der Waals surface area contributed by atoms with Crippen molar-refractivity contribution in [3.8, 4) is 29.6 Å². The minimum Gasteiger partial charge on any atom is -0.461 e. The lowest BCUT2D eigenvalue weighted by molar-refractivity contribution is 0.0649. The topological polar surface area (TPSA) is 63.6 Å². The van der Waals surface area contributed by atoms with E-state index in [0.29, 0.717) is 66.6 Å². The highest BCUT2D eigenvalue weighted by Gasteiger charge is 2.67. The number of terminal acetylenes is 1. The molecule has 9 rings (SSSR count). The van der Waals surface area contributed by atoms with Gasteiger partial charge in [0, 0.05) is 36.2 Å². The standard InChI is InChI=1S/C36H31F4N5O2/c1-2-22-26(38)7-6-21-4-3-5-23(27(21)22)30-29(40)31-24(16-41-30)33(45-12-13-46-18-25-28(39)32(25)45)43-34(42-31)47-19-36-14-20(15-37)17-44(36)11-10-35(36)8-9-35/h1,3-7,15-16,25,28,32H,8-14,17-19H2/b20-15-/t25-,28-,32-,36?/m0/s1. The first-order chi connectivity index (χ1) is 22.9. The number of aromatic nitrogens is 3. The summed E-state index contributed by atoms with van der Waals surface area (Å²) >= 11 is 0. The normalized spacial score (nSPS) is 28.4. The molecular weight excluding hydrogens is 610 g/mol. The summed E-state index contributed by atoms with van der Waals surface area (Å²) < 4.78 is 72.5. The van der Waals surface area contributed by atoms with Gasteiger partial charge in [-0.1, -0.05) is 30.2 Å². The molecule has 4 aromatic rings. The fourth-order valence-electron chi connectivity index (χ4n) is 8.63. The van der Waals surface area contributed by atoms with E-state index in [4.69, 9.17) is 20.9 Å². The Morgan fingerprint density at radius 2 is 2.00 bits per heavy atom. The Kier molecular flexibility index (Phi) is 6.38. The molecule has 2 aliphatic carbocycles. The first-order valence-electron chi connectivity index (χ1n) is 16.1. The molecule has 47 heavy (non-hydrogen) atoms. The Morgan fingerprint density at radius 1 is 1.13 bits per heavy atom. The van der Waals surface area contributed by atoms with E-state index in [1.54, 1.807) is 24.3 Å². The molecule has 11 heteroatoms. The molecule has 5 fully saturated rings. The van der Waals surface area contributed by atoms with Crippen LogP contribution < -0.4 is 9.64 Å². The largest absolute Gasteiger partial charge is 0.461 e. The van der Waals surface area contributed by atoms with Crippen LogP contribution in [0.4, 0.5) is 23.4 Å². The van der Waals surface area contributed by atoms with Gasteiger partial charge in [0.15, 0.2) is 5.82 Å². The maximum absolute atomic E-state index is 16.9. The predicted molar refractivity (Wildman–Crippen MR) is 168 cm³/mol. The third-order valence-corrected chi connectivity index (χ3v) is 11.3. The highest BCUT2D eigenvalue weighted by Crippen LogP contribution is 2.66. The van der Waals surface area contributed by atoms with Crippen LogP contribution in [0.2, 0.25) is 0 Å². The van der Waals surface area contributed by atoms with Crippen LogP contribution in [0.5, 0.6) is 6.01 Å². The maximum atomic E-state index is 16.9. The molecule has 4 atom stereocenters. The lowest BCUT2D eigenvalue weighted by atomic mass is 9.80.